The van der Waals surface area contributed by atoms with Crippen molar-refractivity contribution in [2.45, 2.75) is 19.5 Å². The predicted molar refractivity (Wildman–Crippen MR) is 134 cm³/mol. The van der Waals surface area contributed by atoms with Gasteiger partial charge in [-0.1, -0.05) is 97.1 Å². The molecule has 0 aliphatic heterocycles. The average Bonchev–Trinajstić information content (AvgIpc) is 3.23. The Balaban J connectivity index is 1.63. The van der Waals surface area contributed by atoms with Gasteiger partial charge in [-0.15, -0.1) is 0 Å². The minimum Gasteiger partial charge on any atom is -0.342 e. The maximum absolute atomic E-state index is 13.2. The normalized spacial score (nSPS) is 11.9. The quantitative estimate of drug-likeness (QED) is 0.327. The maximum Gasteiger partial charge on any atom is 0.252 e. The van der Waals surface area contributed by atoms with Crippen molar-refractivity contribution in [1.29, 1.82) is 0 Å². The number of carbonyl (C=O) groups is 1. The van der Waals surface area contributed by atoms with Crippen LogP contribution >= 0.6 is 0 Å². The van der Waals surface area contributed by atoms with E-state index in [2.05, 4.69) is 77.6 Å². The van der Waals surface area contributed by atoms with Crippen LogP contribution in [0.25, 0.3) is 10.9 Å². The number of carbonyl (C=O) groups excluding carboxylic acids is 1. The number of benzene rings is 4. The van der Waals surface area contributed by atoms with Gasteiger partial charge in [0.2, 0.25) is 0 Å². The summed E-state index contributed by atoms with van der Waals surface area (Å²) in [5, 5.41) is 4.46. The van der Waals surface area contributed by atoms with Gasteiger partial charge in [-0.2, -0.15) is 0 Å². The van der Waals surface area contributed by atoms with E-state index in [4.69, 9.17) is 0 Å². The van der Waals surface area contributed by atoms with Crippen molar-refractivity contribution in [2.75, 3.05) is 0 Å². The lowest BCUT2D eigenvalue weighted by Crippen LogP contribution is -2.29. The van der Waals surface area contributed by atoms with Crippen LogP contribution in [0.15, 0.2) is 115 Å². The van der Waals surface area contributed by atoms with Crippen molar-refractivity contribution in [1.82, 2.24) is 9.88 Å². The first-order valence-corrected chi connectivity index (χ1v) is 11.2. The fourth-order valence-corrected chi connectivity index (χ4v) is 4.50. The summed E-state index contributed by atoms with van der Waals surface area (Å²) in [5.41, 5.74) is 6.47. The minimum atomic E-state index is -0.264. The molecule has 1 amide bonds. The van der Waals surface area contributed by atoms with E-state index in [0.29, 0.717) is 5.56 Å². The standard InChI is InChI=1S/C30H26N2O/c1-22-12-11-19-26-27(21-32(29(22)26)20-23-13-5-2-6-14-23)28(24-15-7-3-8-16-24)31-30(33)25-17-9-4-10-18-25/h2-19,21,28H,20H2,1H3,(H,31,33)/t28-/m1/s1. The molecular formula is C30H26N2O. The predicted octanol–water partition coefficient (Wildman–Crippen LogP) is 6.52. The molecule has 1 heterocycles. The summed E-state index contributed by atoms with van der Waals surface area (Å²) in [6, 6.07) is 36.2. The van der Waals surface area contributed by atoms with Crippen LogP contribution in [-0.4, -0.2) is 10.5 Å². The van der Waals surface area contributed by atoms with Gasteiger partial charge < -0.3 is 9.88 Å². The van der Waals surface area contributed by atoms with E-state index in [1.54, 1.807) is 0 Å². The third-order valence-electron chi connectivity index (χ3n) is 6.08. The largest absolute Gasteiger partial charge is 0.342 e. The molecule has 0 aliphatic carbocycles. The van der Waals surface area contributed by atoms with E-state index in [0.717, 1.165) is 23.1 Å². The molecule has 1 aromatic heterocycles. The van der Waals surface area contributed by atoms with Crippen molar-refractivity contribution in [3.8, 4) is 0 Å². The summed E-state index contributed by atoms with van der Waals surface area (Å²) in [7, 11) is 0. The Morgan fingerprint density at radius 3 is 2.12 bits per heavy atom. The number of hydrogen-bond donors (Lipinski definition) is 1. The van der Waals surface area contributed by atoms with Crippen LogP contribution < -0.4 is 5.32 Å². The molecule has 0 radical (unpaired) electrons. The second-order valence-corrected chi connectivity index (χ2v) is 8.35. The zero-order chi connectivity index (χ0) is 22.6. The van der Waals surface area contributed by atoms with Crippen molar-refractivity contribution in [3.63, 3.8) is 0 Å². The molecule has 0 saturated heterocycles. The molecular weight excluding hydrogens is 404 g/mol. The molecule has 5 rings (SSSR count). The van der Waals surface area contributed by atoms with Gasteiger partial charge in [-0.25, -0.2) is 0 Å². The molecule has 3 nitrogen and oxygen atoms in total. The Hall–Kier alpha value is -4.11. The lowest BCUT2D eigenvalue weighted by Gasteiger charge is -2.19. The lowest BCUT2D eigenvalue weighted by molar-refractivity contribution is 0.0943. The molecule has 3 heteroatoms. The van der Waals surface area contributed by atoms with Gasteiger partial charge in [0.1, 0.15) is 0 Å². The molecule has 1 atom stereocenters. The minimum absolute atomic E-state index is 0.0823. The molecule has 5 aromatic rings. The smallest absolute Gasteiger partial charge is 0.252 e. The van der Waals surface area contributed by atoms with E-state index in [1.165, 1.54) is 16.6 Å². The molecule has 0 bridgehead atoms. The highest BCUT2D eigenvalue weighted by Crippen LogP contribution is 2.33. The zero-order valence-electron chi connectivity index (χ0n) is 18.6. The van der Waals surface area contributed by atoms with Crippen LogP contribution in [0.2, 0.25) is 0 Å². The number of fused-ring (bicyclic) bond motifs is 1. The number of aryl methyl sites for hydroxylation is 1. The lowest BCUT2D eigenvalue weighted by atomic mass is 9.97. The fourth-order valence-electron chi connectivity index (χ4n) is 4.50. The highest BCUT2D eigenvalue weighted by molar-refractivity contribution is 5.95. The van der Waals surface area contributed by atoms with Crippen LogP contribution in [-0.2, 0) is 6.54 Å². The number of rotatable bonds is 6. The van der Waals surface area contributed by atoms with Gasteiger partial charge in [0.15, 0.2) is 0 Å². The molecule has 0 fully saturated rings. The monoisotopic (exact) mass is 430 g/mol. The van der Waals surface area contributed by atoms with E-state index >= 15 is 0 Å². The third kappa shape index (κ3) is 4.31. The van der Waals surface area contributed by atoms with Gasteiger partial charge in [0.05, 0.1) is 11.6 Å². The van der Waals surface area contributed by atoms with Crippen LogP contribution in [0.5, 0.6) is 0 Å². The molecule has 4 aromatic carbocycles. The van der Waals surface area contributed by atoms with Gasteiger partial charge in [-0.3, -0.25) is 4.79 Å². The Bertz CT molecular complexity index is 1370. The molecule has 0 unspecified atom stereocenters. The average molecular weight is 431 g/mol. The first kappa shape index (κ1) is 20.8. The molecule has 162 valence electrons. The maximum atomic E-state index is 13.2. The molecule has 33 heavy (non-hydrogen) atoms. The first-order valence-electron chi connectivity index (χ1n) is 11.2. The summed E-state index contributed by atoms with van der Waals surface area (Å²) in [5.74, 6) is -0.0823. The number of nitrogens with one attached hydrogen (secondary N) is 1. The Morgan fingerprint density at radius 1 is 0.788 bits per heavy atom. The van der Waals surface area contributed by atoms with Crippen molar-refractivity contribution >= 4 is 16.8 Å². The second-order valence-electron chi connectivity index (χ2n) is 8.35. The Kier molecular flexibility index (Phi) is 5.77. The molecule has 0 saturated carbocycles. The zero-order valence-corrected chi connectivity index (χ0v) is 18.6. The van der Waals surface area contributed by atoms with E-state index < -0.39 is 0 Å². The van der Waals surface area contributed by atoms with Crippen LogP contribution in [0.1, 0.15) is 38.7 Å². The topological polar surface area (TPSA) is 34.0 Å². The van der Waals surface area contributed by atoms with E-state index in [-0.39, 0.29) is 11.9 Å². The van der Waals surface area contributed by atoms with Gasteiger partial charge in [0, 0.05) is 29.3 Å². The van der Waals surface area contributed by atoms with Crippen molar-refractivity contribution in [3.05, 3.63) is 143 Å². The number of aromatic nitrogens is 1. The third-order valence-corrected chi connectivity index (χ3v) is 6.08. The van der Waals surface area contributed by atoms with Crippen molar-refractivity contribution < 1.29 is 4.79 Å². The highest BCUT2D eigenvalue weighted by Gasteiger charge is 2.23. The van der Waals surface area contributed by atoms with Gasteiger partial charge >= 0.3 is 0 Å². The molecule has 0 spiro atoms. The van der Waals surface area contributed by atoms with Gasteiger partial charge in [0.25, 0.3) is 5.91 Å². The SMILES string of the molecule is Cc1cccc2c([C@H](NC(=O)c3ccccc3)c3ccccc3)cn(Cc3ccccc3)c12. The number of para-hydroxylation sites is 1. The summed E-state index contributed by atoms with van der Waals surface area (Å²) >= 11 is 0. The summed E-state index contributed by atoms with van der Waals surface area (Å²) in [6.07, 6.45) is 2.20. The van der Waals surface area contributed by atoms with E-state index in [1.807, 2.05) is 54.6 Å². The summed E-state index contributed by atoms with van der Waals surface area (Å²) in [4.78, 5) is 13.2. The van der Waals surface area contributed by atoms with Crippen molar-refractivity contribution in [2.24, 2.45) is 0 Å². The van der Waals surface area contributed by atoms with Crippen LogP contribution in [0.4, 0.5) is 0 Å². The number of amides is 1. The number of hydrogen-bond acceptors (Lipinski definition) is 1. The van der Waals surface area contributed by atoms with Crippen LogP contribution in [0, 0.1) is 6.92 Å². The molecule has 1 N–H and O–H groups in total. The first-order chi connectivity index (χ1) is 16.2. The van der Waals surface area contributed by atoms with Crippen LogP contribution in [0.3, 0.4) is 0 Å². The fraction of sp³-hybridized carbons (Fsp3) is 0.100. The Labute approximate surface area is 194 Å². The summed E-state index contributed by atoms with van der Waals surface area (Å²) in [6.45, 7) is 2.92. The van der Waals surface area contributed by atoms with E-state index in [9.17, 15) is 4.79 Å². The molecule has 0 aliphatic rings. The number of nitrogens with zero attached hydrogens (tertiary/aromatic N) is 1. The second kappa shape index (κ2) is 9.17. The highest BCUT2D eigenvalue weighted by atomic mass is 16.1. The van der Waals surface area contributed by atoms with Gasteiger partial charge in [-0.05, 0) is 35.7 Å². The Morgan fingerprint density at radius 2 is 1.42 bits per heavy atom. The summed E-state index contributed by atoms with van der Waals surface area (Å²) < 4.78 is 2.31.